The van der Waals surface area contributed by atoms with Crippen LogP contribution < -0.4 is 14.8 Å². The fourth-order valence-corrected chi connectivity index (χ4v) is 7.71. The van der Waals surface area contributed by atoms with Crippen LogP contribution in [-0.4, -0.2) is 60.3 Å². The number of hydrogen-bond donors (Lipinski definition) is 6. The molecule has 0 saturated carbocycles. The predicted molar refractivity (Wildman–Crippen MR) is 115 cm³/mol. The maximum atomic E-state index is 11.9. The zero-order valence-electron chi connectivity index (χ0n) is 15.9. The number of nitrogen functional groups attached to an aromatic ring is 1. The first kappa shape index (κ1) is 27.7. The monoisotopic (exact) mass is 583 g/mol. The van der Waals surface area contributed by atoms with Crippen molar-refractivity contribution in [3.63, 3.8) is 0 Å². The van der Waals surface area contributed by atoms with Crippen molar-refractivity contribution in [2.75, 3.05) is 14.8 Å². The molecule has 2 aromatic carbocycles. The lowest BCUT2D eigenvalue weighted by molar-refractivity contribution is 0.477. The molecule has 0 aromatic heterocycles. The molecule has 0 spiro atoms. The highest BCUT2D eigenvalue weighted by atomic mass is 33.2. The molecule has 0 aliphatic rings. The second kappa shape index (κ2) is 8.58. The van der Waals surface area contributed by atoms with Gasteiger partial charge >= 0.3 is 28.5 Å². The first-order valence-corrected chi connectivity index (χ1v) is 15.5. The van der Waals surface area contributed by atoms with Gasteiger partial charge in [-0.25, -0.2) is 0 Å². The molecule has 22 heteroatoms. The molecular formula is C12H13N3O14S5. The highest BCUT2D eigenvalue weighted by Gasteiger charge is 2.43. The molecule has 0 aliphatic carbocycles. The zero-order chi connectivity index (χ0) is 26.5. The summed E-state index contributed by atoms with van der Waals surface area (Å²) < 4.78 is 151. The van der Waals surface area contributed by atoms with E-state index in [0.717, 1.165) is 18.2 Å². The number of nitrogens with zero attached hydrogens (tertiary/aromatic N) is 1. The van der Waals surface area contributed by atoms with Crippen molar-refractivity contribution in [1.29, 1.82) is 0 Å². The summed E-state index contributed by atoms with van der Waals surface area (Å²) >= 11 is 0. The van der Waals surface area contributed by atoms with Crippen LogP contribution in [0.25, 0.3) is 0 Å². The summed E-state index contributed by atoms with van der Waals surface area (Å²) in [7, 11) is -28.7. The van der Waals surface area contributed by atoms with Crippen LogP contribution in [0.1, 0.15) is 0 Å². The number of nitrogens with one attached hydrogen (secondary N) is 1. The summed E-state index contributed by atoms with van der Waals surface area (Å²) in [5, 5.41) is 2.27. The summed E-state index contributed by atoms with van der Waals surface area (Å²) in [5.41, 5.74) is 2.71. The molecule has 17 nitrogen and oxygen atoms in total. The Hall–Kier alpha value is -2.57. The quantitative estimate of drug-likeness (QED) is 0.126. The van der Waals surface area contributed by atoms with Crippen molar-refractivity contribution in [2.45, 2.75) is 9.79 Å². The van der Waals surface area contributed by atoms with Gasteiger partial charge in [-0.05, 0) is 36.4 Å². The lowest BCUT2D eigenvalue weighted by atomic mass is 10.2. The van der Waals surface area contributed by atoms with E-state index < -0.39 is 79.3 Å². The Balaban J connectivity index is 2.78. The van der Waals surface area contributed by atoms with Gasteiger partial charge in [0.25, 0.3) is 20.2 Å². The fraction of sp³-hybridized carbons (Fsp3) is 0. The molecule has 34 heavy (non-hydrogen) atoms. The third kappa shape index (κ3) is 5.73. The molecule has 0 radical (unpaired) electrons. The normalized spacial score (nSPS) is 13.4. The van der Waals surface area contributed by atoms with E-state index in [4.69, 9.17) is 10.3 Å². The Morgan fingerprint density at radius 1 is 0.706 bits per heavy atom. The third-order valence-corrected chi connectivity index (χ3v) is 10.8. The van der Waals surface area contributed by atoms with E-state index >= 15 is 0 Å². The van der Waals surface area contributed by atoms with E-state index in [1.54, 1.807) is 0 Å². The van der Waals surface area contributed by atoms with Crippen molar-refractivity contribution in [3.05, 3.63) is 36.4 Å². The molecule has 2 rings (SSSR count). The number of rotatable bonds is 8. The molecule has 0 bridgehead atoms. The molecule has 0 saturated heterocycles. The lowest BCUT2D eigenvalue weighted by Gasteiger charge is -2.20. The zero-order valence-corrected chi connectivity index (χ0v) is 20.0. The molecule has 190 valence electrons. The lowest BCUT2D eigenvalue weighted by Crippen LogP contribution is -2.40. The molecule has 0 unspecified atom stereocenters. The first-order valence-electron chi connectivity index (χ1n) is 7.83. The summed E-state index contributed by atoms with van der Waals surface area (Å²) in [5.74, 6) is 0. The van der Waals surface area contributed by atoms with Gasteiger partial charge in [0.1, 0.15) is 9.79 Å². The van der Waals surface area contributed by atoms with E-state index in [1.165, 1.54) is 0 Å². The second-order valence-electron chi connectivity index (χ2n) is 6.07. The van der Waals surface area contributed by atoms with Gasteiger partial charge < -0.3 is 11.1 Å². The van der Waals surface area contributed by atoms with E-state index in [1.807, 2.05) is 0 Å². The SMILES string of the molecule is Nc1ccc(Nc2ccc(N(S(=O)(=O)O)S(=O)(=O)S(=O)(=O)O)cc2S(=O)(=O)O)cc1S(=O)(=O)O. The van der Waals surface area contributed by atoms with Gasteiger partial charge in [0.05, 0.1) is 17.1 Å². The molecule has 0 fully saturated rings. The van der Waals surface area contributed by atoms with E-state index in [-0.39, 0.29) is 11.8 Å². The Morgan fingerprint density at radius 3 is 1.68 bits per heavy atom. The van der Waals surface area contributed by atoms with Crippen LogP contribution in [0.5, 0.6) is 0 Å². The number of nitrogens with two attached hydrogens (primary N) is 1. The maximum absolute atomic E-state index is 11.9. The van der Waals surface area contributed by atoms with Crippen LogP contribution in [0.2, 0.25) is 0 Å². The van der Waals surface area contributed by atoms with Crippen molar-refractivity contribution in [1.82, 2.24) is 0 Å². The molecule has 2 aromatic rings. The van der Waals surface area contributed by atoms with Gasteiger partial charge in [0.15, 0.2) is 0 Å². The van der Waals surface area contributed by atoms with Gasteiger partial charge in [-0.2, -0.15) is 42.1 Å². The topological polar surface area (TPSA) is 293 Å². The largest absolute Gasteiger partial charge is 0.398 e. The Kier molecular flexibility index (Phi) is 6.98. The van der Waals surface area contributed by atoms with Crippen molar-refractivity contribution >= 4 is 71.5 Å². The van der Waals surface area contributed by atoms with Gasteiger partial charge in [-0.3, -0.25) is 18.2 Å². The van der Waals surface area contributed by atoms with Crippen molar-refractivity contribution in [2.24, 2.45) is 0 Å². The molecular weight excluding hydrogens is 570 g/mol. The van der Waals surface area contributed by atoms with Gasteiger partial charge in [0, 0.05) is 5.69 Å². The average Bonchev–Trinajstić information content (AvgIpc) is 2.60. The minimum Gasteiger partial charge on any atom is -0.398 e. The van der Waals surface area contributed by atoms with Crippen LogP contribution in [-0.2, 0) is 48.7 Å². The Labute approximate surface area is 192 Å². The van der Waals surface area contributed by atoms with Gasteiger partial charge in [0.2, 0.25) is 0 Å². The highest BCUT2D eigenvalue weighted by Crippen LogP contribution is 2.33. The minimum absolute atomic E-state index is 0.0924. The molecule has 0 atom stereocenters. The van der Waals surface area contributed by atoms with Crippen LogP contribution in [0, 0.1) is 0 Å². The number of anilines is 4. The molecule has 0 aliphatic heterocycles. The van der Waals surface area contributed by atoms with Crippen molar-refractivity contribution < 1.29 is 60.3 Å². The van der Waals surface area contributed by atoms with Crippen LogP contribution in [0.4, 0.5) is 22.7 Å². The van der Waals surface area contributed by atoms with Gasteiger partial charge in [-0.15, -0.1) is 3.71 Å². The molecule has 0 heterocycles. The van der Waals surface area contributed by atoms with E-state index in [0.29, 0.717) is 12.1 Å². The van der Waals surface area contributed by atoms with Gasteiger partial charge in [-0.1, -0.05) is 0 Å². The highest BCUT2D eigenvalue weighted by molar-refractivity contribution is 8.67. The van der Waals surface area contributed by atoms with E-state index in [9.17, 15) is 55.7 Å². The third-order valence-electron chi connectivity index (χ3n) is 3.70. The Morgan fingerprint density at radius 2 is 1.24 bits per heavy atom. The van der Waals surface area contributed by atoms with Crippen LogP contribution in [0.15, 0.2) is 46.2 Å². The fourth-order valence-electron chi connectivity index (χ4n) is 2.40. The maximum Gasteiger partial charge on any atom is 0.392 e. The summed E-state index contributed by atoms with van der Waals surface area (Å²) in [6.07, 6.45) is 0. The minimum atomic E-state index is -6.29. The second-order valence-corrected chi connectivity index (χ2v) is 14.9. The van der Waals surface area contributed by atoms with Crippen molar-refractivity contribution in [3.8, 4) is 0 Å². The average molecular weight is 584 g/mol. The summed E-state index contributed by atoms with van der Waals surface area (Å²) in [6.45, 7) is 0. The van der Waals surface area contributed by atoms with Crippen LogP contribution in [0.3, 0.4) is 0 Å². The Bertz CT molecular complexity index is 1690. The smallest absolute Gasteiger partial charge is 0.392 e. The first-order chi connectivity index (χ1) is 15.1. The molecule has 0 amide bonds. The van der Waals surface area contributed by atoms with E-state index in [2.05, 4.69) is 5.32 Å². The number of benzene rings is 2. The number of hydrogen-bond acceptors (Lipinski definition) is 12. The predicted octanol–water partition coefficient (Wildman–Crippen LogP) is -0.752. The standard InChI is InChI=1S/C12H13N3O14S5/c13-9-3-1-7(5-11(9)30(16,17)18)14-10-4-2-8(6-12(10)31(19,20)21)15(32(22,23)24)33(25,26)34(27,28)29/h1-6,14H,13H2,(H,16,17,18)(H,19,20,21)(H,22,23,24)(H,27,28,29). The molecule has 7 N–H and O–H groups in total. The summed E-state index contributed by atoms with van der Waals surface area (Å²) in [4.78, 5) is -2.10. The van der Waals surface area contributed by atoms with Crippen LogP contribution >= 0.6 is 0 Å². The summed E-state index contributed by atoms with van der Waals surface area (Å²) in [6, 6.07) is 3.91.